The van der Waals surface area contributed by atoms with E-state index in [-0.39, 0.29) is 36.8 Å². The van der Waals surface area contributed by atoms with Gasteiger partial charge in [-0.25, -0.2) is 4.98 Å². The maximum Gasteiger partial charge on any atom is 0.216 e. The first-order valence-corrected chi connectivity index (χ1v) is 16.2. The summed E-state index contributed by atoms with van der Waals surface area (Å²) in [5.41, 5.74) is 6.25. The van der Waals surface area contributed by atoms with Crippen LogP contribution in [-0.4, -0.2) is 15.0 Å². The van der Waals surface area contributed by atoms with E-state index in [1.54, 1.807) is 38.1 Å². The molecule has 0 unspecified atom stereocenters. The zero-order valence-corrected chi connectivity index (χ0v) is 31.3. The molecule has 0 saturated carbocycles. The molecule has 0 aliphatic carbocycles. The molecule has 257 valence electrons. The quantitative estimate of drug-likeness (QED) is 0.150. The molecule has 7 aromatic rings. The van der Waals surface area contributed by atoms with Crippen molar-refractivity contribution in [2.45, 2.75) is 73.4 Å². The summed E-state index contributed by atoms with van der Waals surface area (Å²) in [5, 5.41) is 1.51. The van der Waals surface area contributed by atoms with Crippen LogP contribution in [0.25, 0.3) is 55.8 Å². The second-order valence-corrected chi connectivity index (χ2v) is 12.6. The van der Waals surface area contributed by atoms with Crippen LogP contribution in [0, 0.1) is 31.8 Å². The van der Waals surface area contributed by atoms with Crippen molar-refractivity contribution < 1.29 is 38.2 Å². The molecule has 0 atom stereocenters. The molecule has 0 bridgehead atoms. The number of fused-ring (bicyclic) bond motifs is 3. The van der Waals surface area contributed by atoms with E-state index in [4.69, 9.17) is 23.1 Å². The standard InChI is InChI=1S/C33H35N2O.C12H10N.Ir/c1-19(2)16-23-17-30(34-18-22(23)7)28-13-9-12-26-27-14-15-29(35-33(27)36-32(26)28)31-24(20(3)4)10-8-11-25(31)21(5)6;1-10-7-8-12(13-9-10)11-5-3-2-4-6-11;/h8-12,14-15,17-21H,16H2,1-7H3;2-5,7-9H,1H3;/q2*-1;/i7D3,16D2,20D,21D;1D3;. The zero-order chi connectivity index (χ0) is 43.3. The molecular formula is C45H45IrN3O-2. The predicted molar refractivity (Wildman–Crippen MR) is 204 cm³/mol. The van der Waals surface area contributed by atoms with Gasteiger partial charge in [0.15, 0.2) is 0 Å². The van der Waals surface area contributed by atoms with Gasteiger partial charge in [0, 0.05) is 57.2 Å². The average molecular weight is 846 g/mol. The fourth-order valence-corrected chi connectivity index (χ4v) is 5.74. The molecule has 4 aromatic heterocycles. The van der Waals surface area contributed by atoms with Crippen LogP contribution in [0.15, 0.2) is 102 Å². The molecule has 1 radical (unpaired) electrons. The van der Waals surface area contributed by atoms with Crippen molar-refractivity contribution in [2.75, 3.05) is 0 Å². The first-order chi connectivity index (χ1) is 27.4. The first-order valence-electron chi connectivity index (χ1n) is 21.2. The van der Waals surface area contributed by atoms with E-state index in [9.17, 15) is 0 Å². The van der Waals surface area contributed by atoms with Gasteiger partial charge in [-0.05, 0) is 83.6 Å². The predicted octanol–water partition coefficient (Wildman–Crippen LogP) is 12.1. The van der Waals surface area contributed by atoms with Gasteiger partial charge in [-0.1, -0.05) is 94.5 Å². The summed E-state index contributed by atoms with van der Waals surface area (Å²) < 4.78 is 87.0. The molecule has 0 fully saturated rings. The van der Waals surface area contributed by atoms with Gasteiger partial charge in [-0.3, -0.25) is 0 Å². The Balaban J connectivity index is 0.000000336. The van der Waals surface area contributed by atoms with Crippen LogP contribution < -0.4 is 0 Å². The van der Waals surface area contributed by atoms with E-state index in [1.807, 2.05) is 82.3 Å². The summed E-state index contributed by atoms with van der Waals surface area (Å²) in [7, 11) is 0. The summed E-state index contributed by atoms with van der Waals surface area (Å²) in [6, 6.07) is 31.5. The second kappa shape index (κ2) is 16.1. The van der Waals surface area contributed by atoms with E-state index < -0.39 is 37.8 Å². The summed E-state index contributed by atoms with van der Waals surface area (Å²) in [6.07, 6.45) is 0.707. The van der Waals surface area contributed by atoms with E-state index >= 15 is 0 Å². The van der Waals surface area contributed by atoms with Gasteiger partial charge in [0.2, 0.25) is 5.71 Å². The van der Waals surface area contributed by atoms with Gasteiger partial charge in [-0.2, -0.15) is 0 Å². The van der Waals surface area contributed by atoms with Crippen molar-refractivity contribution in [3.05, 3.63) is 137 Å². The summed E-state index contributed by atoms with van der Waals surface area (Å²) >= 11 is 0. The SMILES string of the molecule is [2H]C([2H])([2H])c1ccc(-c2[c-]cccc2)nc1.[2H]C([2H])([2H])c1cnc(-c2[c-]ccc3c2oc2nc(-c4c(C([2H])(C)C)cccc4C([2H])(C)C)ccc23)cc1C([2H])([2H])C(C)C.[Ir]. The largest absolute Gasteiger partial charge is 0.486 e. The molecule has 4 nitrogen and oxygen atoms in total. The molecule has 0 aliphatic heterocycles. The van der Waals surface area contributed by atoms with Crippen LogP contribution in [-0.2, 0) is 26.5 Å². The summed E-state index contributed by atoms with van der Waals surface area (Å²) in [6.45, 7) is 6.06. The first kappa shape index (κ1) is 25.5. The fourth-order valence-electron chi connectivity index (χ4n) is 5.74. The van der Waals surface area contributed by atoms with Crippen LogP contribution in [0.4, 0.5) is 0 Å². The van der Waals surface area contributed by atoms with Gasteiger partial charge in [0.1, 0.15) is 0 Å². The van der Waals surface area contributed by atoms with Crippen molar-refractivity contribution in [1.82, 2.24) is 15.0 Å². The molecule has 4 heterocycles. The van der Waals surface area contributed by atoms with Gasteiger partial charge >= 0.3 is 0 Å². The van der Waals surface area contributed by atoms with Crippen LogP contribution >= 0.6 is 0 Å². The molecule has 0 aliphatic rings. The molecule has 7 rings (SSSR count). The number of hydrogen-bond acceptors (Lipinski definition) is 4. The van der Waals surface area contributed by atoms with Crippen LogP contribution in [0.2, 0.25) is 0 Å². The minimum atomic E-state index is -2.53. The number of hydrogen-bond donors (Lipinski definition) is 0. The fraction of sp³-hybridized carbons (Fsp3) is 0.267. The van der Waals surface area contributed by atoms with Crippen molar-refractivity contribution in [1.29, 1.82) is 0 Å². The molecule has 3 aromatic carbocycles. The minimum Gasteiger partial charge on any atom is -0.486 e. The normalized spacial score (nSPS) is 15.4. The Labute approximate surface area is 324 Å². The van der Waals surface area contributed by atoms with Crippen molar-refractivity contribution in [3.8, 4) is 33.8 Å². The average Bonchev–Trinajstić information content (AvgIpc) is 3.55. The minimum absolute atomic E-state index is 0. The third-order valence-electron chi connectivity index (χ3n) is 8.05. The van der Waals surface area contributed by atoms with Crippen molar-refractivity contribution >= 4 is 22.1 Å². The summed E-state index contributed by atoms with van der Waals surface area (Å²) in [5.74, 6) is -2.35. The molecule has 5 heteroatoms. The number of rotatable bonds is 7. The third kappa shape index (κ3) is 7.96. The number of benzene rings is 3. The van der Waals surface area contributed by atoms with Crippen LogP contribution in [0.1, 0.15) is 94.9 Å². The van der Waals surface area contributed by atoms with Crippen LogP contribution in [0.3, 0.4) is 0 Å². The zero-order valence-electron chi connectivity index (χ0n) is 38.9. The monoisotopic (exact) mass is 846 g/mol. The van der Waals surface area contributed by atoms with Gasteiger partial charge in [-0.15, -0.1) is 54.1 Å². The number of furan rings is 1. The Hall–Kier alpha value is -4.44. The maximum absolute atomic E-state index is 8.79. The molecule has 0 spiro atoms. The molecule has 0 amide bonds. The molecule has 0 saturated heterocycles. The Morgan fingerprint density at radius 3 is 2.16 bits per heavy atom. The molecular weight excluding hydrogens is 791 g/mol. The van der Waals surface area contributed by atoms with E-state index in [0.717, 1.165) is 38.7 Å². The maximum atomic E-state index is 8.79. The molecule has 0 N–H and O–H groups in total. The van der Waals surface area contributed by atoms with Gasteiger partial charge in [0.25, 0.3) is 0 Å². The topological polar surface area (TPSA) is 51.8 Å². The van der Waals surface area contributed by atoms with Gasteiger partial charge in [0.05, 0.1) is 11.3 Å². The number of nitrogens with zero attached hydrogens (tertiary/aromatic N) is 3. The Morgan fingerprint density at radius 2 is 1.52 bits per heavy atom. The summed E-state index contributed by atoms with van der Waals surface area (Å²) in [4.78, 5) is 13.4. The van der Waals surface area contributed by atoms with E-state index in [0.29, 0.717) is 28.2 Å². The Morgan fingerprint density at radius 1 is 0.760 bits per heavy atom. The molecule has 50 heavy (non-hydrogen) atoms. The van der Waals surface area contributed by atoms with Crippen LogP contribution in [0.5, 0.6) is 0 Å². The van der Waals surface area contributed by atoms with Crippen molar-refractivity contribution in [2.24, 2.45) is 5.92 Å². The smallest absolute Gasteiger partial charge is 0.216 e. The second-order valence-electron chi connectivity index (χ2n) is 12.6. The third-order valence-corrected chi connectivity index (χ3v) is 8.05. The Kier molecular flexibility index (Phi) is 8.19. The van der Waals surface area contributed by atoms with E-state index in [1.165, 1.54) is 18.5 Å². The number of aryl methyl sites for hydroxylation is 2. The Bertz CT molecular complexity index is 2580. The number of pyridine rings is 3. The van der Waals surface area contributed by atoms with E-state index in [2.05, 4.69) is 22.1 Å². The van der Waals surface area contributed by atoms with Crippen molar-refractivity contribution in [3.63, 3.8) is 0 Å². The number of aromatic nitrogens is 3. The van der Waals surface area contributed by atoms with Gasteiger partial charge < -0.3 is 14.4 Å².